The summed E-state index contributed by atoms with van der Waals surface area (Å²) in [7, 11) is -3.54. The van der Waals surface area contributed by atoms with E-state index in [1.807, 2.05) is 6.07 Å². The lowest BCUT2D eigenvalue weighted by Crippen LogP contribution is -2.55. The Labute approximate surface area is 195 Å². The Morgan fingerprint density at radius 1 is 1.29 bits per heavy atom. The largest absolute Gasteiger partial charge is 0.386 e. The number of nitrogens with zero attached hydrogens (tertiary/aromatic N) is 5. The maximum absolute atomic E-state index is 15.1. The highest BCUT2D eigenvalue weighted by Crippen LogP contribution is 2.71. The van der Waals surface area contributed by atoms with Crippen molar-refractivity contribution in [3.8, 4) is 6.07 Å². The normalized spacial score (nSPS) is 28.2. The quantitative estimate of drug-likeness (QED) is 0.433. The van der Waals surface area contributed by atoms with Crippen LogP contribution in [0.3, 0.4) is 0 Å². The van der Waals surface area contributed by atoms with Crippen LogP contribution in [0.25, 0.3) is 11.0 Å². The summed E-state index contributed by atoms with van der Waals surface area (Å²) >= 11 is 0. The number of fused-ring (bicyclic) bond motifs is 3. The molecule has 0 unspecified atom stereocenters. The van der Waals surface area contributed by atoms with Crippen LogP contribution in [0.1, 0.15) is 30.9 Å². The maximum atomic E-state index is 15.1. The Morgan fingerprint density at radius 2 is 2.09 bits per heavy atom. The first-order valence-corrected chi connectivity index (χ1v) is 12.0. The molecular weight excluding hydrogens is 464 g/mol. The monoisotopic (exact) mass is 485 g/mol. The fraction of sp³-hybridized carbons (Fsp3) is 0.318. The maximum Gasteiger partial charge on any atom is 0.160 e. The second kappa shape index (κ2) is 7.56. The molecule has 2 aliphatic heterocycles. The van der Waals surface area contributed by atoms with Crippen molar-refractivity contribution in [1.29, 1.82) is 5.26 Å². The standard InChI is InChI=1S/C22H21F2N7O2S/c1-21(17-4-5-22(10-23,20(26)31-21)34(17,32)33)14-7-13(2-3-15(14)24)30-19-18-16(28-11-29-19)6-12(8-25)9-27-18/h2-3,6-7,9,11,17,32-33H,4-5,10H2,1H3,(H2,26,31)(H,28,29,30)/t17-,21+,22-/m0/s1. The van der Waals surface area contributed by atoms with Gasteiger partial charge in [-0.1, -0.05) is 0 Å². The molecule has 1 fully saturated rings. The third-order valence-electron chi connectivity index (χ3n) is 6.82. The van der Waals surface area contributed by atoms with Crippen LogP contribution in [0, 0.1) is 17.1 Å². The first-order chi connectivity index (χ1) is 16.2. The summed E-state index contributed by atoms with van der Waals surface area (Å²) in [4.78, 5) is 17.0. The Bertz CT molecular complexity index is 1400. The number of pyridine rings is 1. The third-order valence-corrected chi connectivity index (χ3v) is 9.98. The summed E-state index contributed by atoms with van der Waals surface area (Å²) in [5.41, 5.74) is 6.42. The number of hydrogen-bond acceptors (Lipinski definition) is 9. The highest BCUT2D eigenvalue weighted by Gasteiger charge is 2.65. The van der Waals surface area contributed by atoms with Gasteiger partial charge in [-0.3, -0.25) is 14.1 Å². The number of benzene rings is 1. The SMILES string of the molecule is C[C@]1(c2cc(Nc3ncnc4cc(C#N)cnc34)ccc2F)N=C(N)[C@@]2(CF)CC[C@@H]1S2(O)O. The molecule has 1 saturated heterocycles. The molecule has 9 nitrogen and oxygen atoms in total. The summed E-state index contributed by atoms with van der Waals surface area (Å²) < 4.78 is 49.4. The molecule has 3 aromatic rings. The minimum Gasteiger partial charge on any atom is -0.386 e. The lowest BCUT2D eigenvalue weighted by molar-refractivity contribution is 0.368. The molecular formula is C22H21F2N7O2S. The Kier molecular flexibility index (Phi) is 4.98. The van der Waals surface area contributed by atoms with Crippen molar-refractivity contribution in [3.63, 3.8) is 0 Å². The second-order valence-electron chi connectivity index (χ2n) is 8.64. The topological polar surface area (TPSA) is 153 Å². The number of rotatable bonds is 4. The van der Waals surface area contributed by atoms with E-state index in [1.54, 1.807) is 13.0 Å². The van der Waals surface area contributed by atoms with Crippen molar-refractivity contribution in [2.24, 2.45) is 10.7 Å². The fourth-order valence-electron chi connectivity index (χ4n) is 4.93. The molecule has 1 aromatic carbocycles. The third kappa shape index (κ3) is 2.97. The second-order valence-corrected chi connectivity index (χ2v) is 11.2. The van der Waals surface area contributed by atoms with Gasteiger partial charge in [0, 0.05) is 17.4 Å². The van der Waals surface area contributed by atoms with Crippen LogP contribution >= 0.6 is 10.6 Å². The first-order valence-electron chi connectivity index (χ1n) is 10.4. The number of nitriles is 1. The van der Waals surface area contributed by atoms with Gasteiger partial charge in [0.05, 0.1) is 16.3 Å². The minimum atomic E-state index is -3.54. The van der Waals surface area contributed by atoms with E-state index < -0.39 is 38.6 Å². The van der Waals surface area contributed by atoms with Crippen molar-refractivity contribution in [1.82, 2.24) is 15.0 Å². The van der Waals surface area contributed by atoms with E-state index in [4.69, 9.17) is 11.0 Å². The van der Waals surface area contributed by atoms with Gasteiger partial charge in [-0.15, -0.1) is 0 Å². The van der Waals surface area contributed by atoms with Crippen molar-refractivity contribution in [3.05, 3.63) is 53.7 Å². The molecule has 0 saturated carbocycles. The van der Waals surface area contributed by atoms with Crippen LogP contribution in [0.5, 0.6) is 0 Å². The molecule has 0 radical (unpaired) electrons. The number of halogens is 2. The number of hydrogen-bond donors (Lipinski definition) is 4. The van der Waals surface area contributed by atoms with Gasteiger partial charge in [0.15, 0.2) is 5.82 Å². The molecule has 2 aromatic heterocycles. The molecule has 0 aliphatic carbocycles. The number of aromatic nitrogens is 3. The summed E-state index contributed by atoms with van der Waals surface area (Å²) in [6.07, 6.45) is 3.08. The number of amidine groups is 1. The molecule has 5 rings (SSSR count). The molecule has 12 heteroatoms. The van der Waals surface area contributed by atoms with Crippen LogP contribution in [0.15, 0.2) is 41.8 Å². The molecule has 34 heavy (non-hydrogen) atoms. The van der Waals surface area contributed by atoms with Gasteiger partial charge in [0.1, 0.15) is 46.5 Å². The minimum absolute atomic E-state index is 0.0953. The van der Waals surface area contributed by atoms with Gasteiger partial charge >= 0.3 is 0 Å². The first kappa shape index (κ1) is 22.4. The molecule has 4 heterocycles. The summed E-state index contributed by atoms with van der Waals surface area (Å²) in [6.45, 7) is 0.544. The smallest absolute Gasteiger partial charge is 0.160 e. The highest BCUT2D eigenvalue weighted by molar-refractivity contribution is 8.26. The zero-order chi connectivity index (χ0) is 24.3. The van der Waals surface area contributed by atoms with Crippen LogP contribution in [0.4, 0.5) is 20.3 Å². The van der Waals surface area contributed by atoms with Gasteiger partial charge in [0.25, 0.3) is 0 Å². The summed E-state index contributed by atoms with van der Waals surface area (Å²) in [5.74, 6) is -0.474. The average molecular weight is 486 g/mol. The van der Waals surface area contributed by atoms with Gasteiger partial charge in [-0.25, -0.2) is 23.7 Å². The summed E-state index contributed by atoms with van der Waals surface area (Å²) in [6, 6.07) is 7.81. The van der Waals surface area contributed by atoms with Gasteiger partial charge in [-0.2, -0.15) is 15.9 Å². The Balaban J connectivity index is 1.58. The van der Waals surface area contributed by atoms with Crippen molar-refractivity contribution in [2.45, 2.75) is 35.3 Å². The van der Waals surface area contributed by atoms with E-state index >= 15 is 4.39 Å². The van der Waals surface area contributed by atoms with E-state index in [-0.39, 0.29) is 24.2 Å². The van der Waals surface area contributed by atoms with Crippen molar-refractivity contribution in [2.75, 3.05) is 12.0 Å². The van der Waals surface area contributed by atoms with Crippen molar-refractivity contribution < 1.29 is 17.9 Å². The number of nitrogens with one attached hydrogen (secondary N) is 1. The lowest BCUT2D eigenvalue weighted by Gasteiger charge is -2.54. The molecule has 2 bridgehead atoms. The number of nitrogens with two attached hydrogens (primary N) is 1. The average Bonchev–Trinajstić information content (AvgIpc) is 3.03. The van der Waals surface area contributed by atoms with E-state index in [9.17, 15) is 13.5 Å². The van der Waals surface area contributed by atoms with Crippen LogP contribution in [-0.2, 0) is 5.54 Å². The predicted molar refractivity (Wildman–Crippen MR) is 125 cm³/mol. The number of alkyl halides is 1. The molecule has 5 N–H and O–H groups in total. The van der Waals surface area contributed by atoms with Gasteiger partial charge < -0.3 is 11.1 Å². The van der Waals surface area contributed by atoms with E-state index in [0.717, 1.165) is 0 Å². The van der Waals surface area contributed by atoms with Crippen LogP contribution < -0.4 is 11.1 Å². The van der Waals surface area contributed by atoms with Gasteiger partial charge in [-0.05, 0) is 44.0 Å². The Hall–Kier alpha value is -3.40. The van der Waals surface area contributed by atoms with Crippen LogP contribution in [0.2, 0.25) is 0 Å². The fourth-order valence-corrected chi connectivity index (χ4v) is 7.67. The molecule has 0 amide bonds. The number of aliphatic imine (C=N–C) groups is 1. The zero-order valence-corrected chi connectivity index (χ0v) is 18.9. The lowest BCUT2D eigenvalue weighted by atomic mass is 9.86. The van der Waals surface area contributed by atoms with Crippen LogP contribution in [-0.4, -0.2) is 46.6 Å². The van der Waals surface area contributed by atoms with Gasteiger partial charge in [0.2, 0.25) is 0 Å². The molecule has 3 atom stereocenters. The number of anilines is 2. The zero-order valence-electron chi connectivity index (χ0n) is 18.0. The highest BCUT2D eigenvalue weighted by atomic mass is 32.3. The van der Waals surface area contributed by atoms with E-state index in [1.165, 1.54) is 30.7 Å². The van der Waals surface area contributed by atoms with E-state index in [2.05, 4.69) is 25.3 Å². The molecule has 2 aliphatic rings. The van der Waals surface area contributed by atoms with Crippen molar-refractivity contribution >= 4 is 39.0 Å². The van der Waals surface area contributed by atoms with E-state index in [0.29, 0.717) is 28.1 Å². The molecule has 0 spiro atoms. The predicted octanol–water partition coefficient (Wildman–Crippen LogP) is 3.99. The summed E-state index contributed by atoms with van der Waals surface area (Å²) in [5, 5.41) is 11.3. The Morgan fingerprint density at radius 3 is 2.82 bits per heavy atom. The molecule has 176 valence electrons.